The van der Waals surface area contributed by atoms with Gasteiger partial charge in [0.15, 0.2) is 5.78 Å². The summed E-state index contributed by atoms with van der Waals surface area (Å²) in [5.74, 6) is 0.238. The summed E-state index contributed by atoms with van der Waals surface area (Å²) < 4.78 is 0. The van der Waals surface area contributed by atoms with Crippen LogP contribution in [0.5, 0.6) is 0 Å². The standard InChI is InChI=1S/C22H24N2O/c25-20(13-16-24-14-7-2-8-15-24)21-18-11-5-6-12-19(18)23-22(21)17-9-3-1-4-10-17/h1,3-6,9-12,23H,2,7-8,13-16H2. The minimum absolute atomic E-state index is 0.238. The molecule has 4 rings (SSSR count). The van der Waals surface area contributed by atoms with Gasteiger partial charge in [0.05, 0.1) is 11.3 Å². The zero-order chi connectivity index (χ0) is 17.1. The van der Waals surface area contributed by atoms with Gasteiger partial charge in [-0.25, -0.2) is 0 Å². The number of aromatic nitrogens is 1. The fourth-order valence-electron chi connectivity index (χ4n) is 3.82. The van der Waals surface area contributed by atoms with Crippen molar-refractivity contribution in [2.45, 2.75) is 25.7 Å². The molecule has 1 N–H and O–H groups in total. The number of ketones is 1. The summed E-state index contributed by atoms with van der Waals surface area (Å²) in [6.07, 6.45) is 4.43. The molecule has 1 saturated heterocycles. The van der Waals surface area contributed by atoms with Crippen LogP contribution in [-0.4, -0.2) is 35.3 Å². The second-order valence-electron chi connectivity index (χ2n) is 6.86. The van der Waals surface area contributed by atoms with Crippen LogP contribution in [0.3, 0.4) is 0 Å². The van der Waals surface area contributed by atoms with Crippen LogP contribution < -0.4 is 0 Å². The number of rotatable bonds is 5. The van der Waals surface area contributed by atoms with E-state index in [2.05, 4.69) is 22.0 Å². The number of likely N-dealkylation sites (tertiary alicyclic amines) is 1. The maximum Gasteiger partial charge on any atom is 0.166 e. The number of piperidine rings is 1. The molecule has 0 saturated carbocycles. The minimum Gasteiger partial charge on any atom is -0.354 e. The summed E-state index contributed by atoms with van der Waals surface area (Å²) >= 11 is 0. The summed E-state index contributed by atoms with van der Waals surface area (Å²) in [5.41, 5.74) is 3.90. The molecule has 25 heavy (non-hydrogen) atoms. The number of aromatic amines is 1. The first-order valence-electron chi connectivity index (χ1n) is 9.24. The number of fused-ring (bicyclic) bond motifs is 1. The fraction of sp³-hybridized carbons (Fsp3) is 0.318. The van der Waals surface area contributed by atoms with Crippen molar-refractivity contribution in [3.8, 4) is 11.3 Å². The first kappa shape index (κ1) is 16.1. The molecule has 0 amide bonds. The molecule has 0 radical (unpaired) electrons. The topological polar surface area (TPSA) is 36.1 Å². The Morgan fingerprint density at radius 2 is 1.64 bits per heavy atom. The smallest absolute Gasteiger partial charge is 0.166 e. The average molecular weight is 332 g/mol. The van der Waals surface area contributed by atoms with Crippen LogP contribution in [0.2, 0.25) is 0 Å². The normalized spacial score (nSPS) is 15.5. The molecule has 1 aromatic heterocycles. The highest BCUT2D eigenvalue weighted by Crippen LogP contribution is 2.31. The van der Waals surface area contributed by atoms with Crippen LogP contribution in [-0.2, 0) is 0 Å². The number of H-pyrrole nitrogens is 1. The van der Waals surface area contributed by atoms with Crippen LogP contribution in [0.25, 0.3) is 22.2 Å². The Morgan fingerprint density at radius 3 is 2.44 bits per heavy atom. The van der Waals surface area contributed by atoms with Crippen LogP contribution in [0.15, 0.2) is 54.6 Å². The highest BCUT2D eigenvalue weighted by Gasteiger charge is 2.20. The van der Waals surface area contributed by atoms with Crippen molar-refractivity contribution in [1.29, 1.82) is 0 Å². The predicted octanol–water partition coefficient (Wildman–Crippen LogP) is 4.89. The zero-order valence-corrected chi connectivity index (χ0v) is 14.5. The second-order valence-corrected chi connectivity index (χ2v) is 6.86. The number of hydrogen-bond acceptors (Lipinski definition) is 2. The van der Waals surface area contributed by atoms with Crippen molar-refractivity contribution < 1.29 is 4.79 Å². The van der Waals surface area contributed by atoms with Crippen LogP contribution in [0, 0.1) is 0 Å². The SMILES string of the molecule is O=C(CCN1CCCCC1)c1c(-c2ccccc2)[nH]c2ccccc12. The molecule has 2 aromatic carbocycles. The number of carbonyl (C=O) groups is 1. The molecule has 1 fully saturated rings. The van der Waals surface area contributed by atoms with E-state index in [0.29, 0.717) is 6.42 Å². The van der Waals surface area contributed by atoms with E-state index in [9.17, 15) is 4.79 Å². The van der Waals surface area contributed by atoms with Gasteiger partial charge in [0, 0.05) is 23.9 Å². The Bertz CT molecular complexity index is 860. The third-order valence-corrected chi connectivity index (χ3v) is 5.15. The maximum absolute atomic E-state index is 13.1. The summed E-state index contributed by atoms with van der Waals surface area (Å²) in [4.78, 5) is 19.0. The highest BCUT2D eigenvalue weighted by atomic mass is 16.1. The maximum atomic E-state index is 13.1. The molecule has 0 atom stereocenters. The lowest BCUT2D eigenvalue weighted by atomic mass is 9.99. The number of nitrogens with one attached hydrogen (secondary N) is 1. The van der Waals surface area contributed by atoms with Gasteiger partial charge in [-0.15, -0.1) is 0 Å². The van der Waals surface area contributed by atoms with E-state index in [1.54, 1.807) is 0 Å². The van der Waals surface area contributed by atoms with Gasteiger partial charge in [-0.1, -0.05) is 55.0 Å². The van der Waals surface area contributed by atoms with Gasteiger partial charge < -0.3 is 9.88 Å². The van der Waals surface area contributed by atoms with Crippen LogP contribution in [0.1, 0.15) is 36.0 Å². The van der Waals surface area contributed by atoms with Gasteiger partial charge >= 0.3 is 0 Å². The molecule has 3 nitrogen and oxygen atoms in total. The van der Waals surface area contributed by atoms with Crippen LogP contribution >= 0.6 is 0 Å². The summed E-state index contributed by atoms with van der Waals surface area (Å²) in [5, 5.41) is 1.03. The number of benzene rings is 2. The number of hydrogen-bond donors (Lipinski definition) is 1. The third kappa shape index (κ3) is 3.38. The molecule has 128 valence electrons. The van der Waals surface area contributed by atoms with Gasteiger partial charge in [-0.3, -0.25) is 4.79 Å². The molecule has 1 aliphatic heterocycles. The van der Waals surface area contributed by atoms with E-state index in [4.69, 9.17) is 0 Å². The average Bonchev–Trinajstić information content (AvgIpc) is 3.07. The molecule has 3 aromatic rings. The second kappa shape index (κ2) is 7.24. The Hall–Kier alpha value is -2.39. The Morgan fingerprint density at radius 1 is 0.920 bits per heavy atom. The summed E-state index contributed by atoms with van der Waals surface area (Å²) in [6, 6.07) is 18.3. The first-order chi connectivity index (χ1) is 12.3. The third-order valence-electron chi connectivity index (χ3n) is 5.15. The van der Waals surface area contributed by atoms with E-state index in [-0.39, 0.29) is 5.78 Å². The van der Waals surface area contributed by atoms with Gasteiger partial charge in [-0.2, -0.15) is 0 Å². The van der Waals surface area contributed by atoms with E-state index >= 15 is 0 Å². The molecule has 0 spiro atoms. The highest BCUT2D eigenvalue weighted by molar-refractivity contribution is 6.13. The molecular weight excluding hydrogens is 308 g/mol. The lowest BCUT2D eigenvalue weighted by Gasteiger charge is -2.26. The monoisotopic (exact) mass is 332 g/mol. The van der Waals surface area contributed by atoms with Gasteiger partial charge in [0.2, 0.25) is 0 Å². The molecular formula is C22H24N2O. The fourth-order valence-corrected chi connectivity index (χ4v) is 3.82. The van der Waals surface area contributed by atoms with Crippen molar-refractivity contribution in [3.63, 3.8) is 0 Å². The van der Waals surface area contributed by atoms with Gasteiger partial charge in [0.1, 0.15) is 0 Å². The Balaban J connectivity index is 1.66. The quantitative estimate of drug-likeness (QED) is 0.675. The van der Waals surface area contributed by atoms with Crippen molar-refractivity contribution in [2.75, 3.05) is 19.6 Å². The summed E-state index contributed by atoms with van der Waals surface area (Å²) in [6.45, 7) is 3.13. The molecule has 0 unspecified atom stereocenters. The Kier molecular flexibility index (Phi) is 4.66. The van der Waals surface area contributed by atoms with E-state index < -0.39 is 0 Å². The van der Waals surface area contributed by atoms with Gasteiger partial charge in [0.25, 0.3) is 0 Å². The van der Waals surface area contributed by atoms with Crippen molar-refractivity contribution >= 4 is 16.7 Å². The predicted molar refractivity (Wildman–Crippen MR) is 103 cm³/mol. The van der Waals surface area contributed by atoms with E-state index in [0.717, 1.165) is 47.4 Å². The van der Waals surface area contributed by atoms with E-state index in [1.807, 2.05) is 42.5 Å². The zero-order valence-electron chi connectivity index (χ0n) is 14.5. The Labute approximate surface area is 148 Å². The molecule has 2 heterocycles. The molecule has 3 heteroatoms. The lowest BCUT2D eigenvalue weighted by Crippen LogP contribution is -2.31. The van der Waals surface area contributed by atoms with Crippen molar-refractivity contribution in [1.82, 2.24) is 9.88 Å². The largest absolute Gasteiger partial charge is 0.354 e. The number of nitrogens with zero attached hydrogens (tertiary/aromatic N) is 1. The first-order valence-corrected chi connectivity index (χ1v) is 9.24. The molecule has 0 bridgehead atoms. The van der Waals surface area contributed by atoms with Gasteiger partial charge in [-0.05, 0) is 37.6 Å². The minimum atomic E-state index is 0.238. The van der Waals surface area contributed by atoms with Crippen LogP contribution in [0.4, 0.5) is 0 Å². The number of para-hydroxylation sites is 1. The van der Waals surface area contributed by atoms with Crippen molar-refractivity contribution in [3.05, 3.63) is 60.2 Å². The van der Waals surface area contributed by atoms with Crippen molar-refractivity contribution in [2.24, 2.45) is 0 Å². The summed E-state index contributed by atoms with van der Waals surface area (Å²) in [7, 11) is 0. The molecule has 0 aliphatic carbocycles. The lowest BCUT2D eigenvalue weighted by molar-refractivity contribution is 0.0961. The molecule has 1 aliphatic rings. The number of carbonyl (C=O) groups excluding carboxylic acids is 1. The number of Topliss-reactive ketones (excluding diaryl/α,β-unsaturated/α-hetero) is 1. The van der Waals surface area contributed by atoms with E-state index in [1.165, 1.54) is 19.3 Å².